The van der Waals surface area contributed by atoms with Crippen LogP contribution in [0.3, 0.4) is 0 Å². The van der Waals surface area contributed by atoms with Gasteiger partial charge in [-0.25, -0.2) is 0 Å². The van der Waals surface area contributed by atoms with Crippen molar-refractivity contribution in [3.05, 3.63) is 23.3 Å². The smallest absolute Gasteiger partial charge is 0.0273 e. The SMILES string of the molecule is CC1=CC=C(CC2C(C)(C)CC2(C)C)CC1. The Bertz CT molecular complexity index is 325. The molecule has 0 N–H and O–H groups in total. The molecule has 0 aromatic heterocycles. The molecule has 0 radical (unpaired) electrons. The molecule has 0 aliphatic heterocycles. The van der Waals surface area contributed by atoms with E-state index in [1.54, 1.807) is 5.57 Å². The summed E-state index contributed by atoms with van der Waals surface area (Å²) in [5.74, 6) is 0.873. The fourth-order valence-electron chi connectivity index (χ4n) is 4.12. The highest BCUT2D eigenvalue weighted by atomic mass is 14.6. The molecule has 2 aliphatic rings. The highest BCUT2D eigenvalue weighted by Gasteiger charge is 2.52. The van der Waals surface area contributed by atoms with Gasteiger partial charge in [-0.1, -0.05) is 51.0 Å². The molecule has 90 valence electrons. The van der Waals surface area contributed by atoms with Crippen LogP contribution in [0.5, 0.6) is 0 Å². The molecule has 0 aromatic rings. The number of rotatable bonds is 2. The molecule has 0 spiro atoms. The predicted molar refractivity (Wildman–Crippen MR) is 71.4 cm³/mol. The Morgan fingerprint density at radius 3 is 2.12 bits per heavy atom. The Kier molecular flexibility index (Phi) is 2.80. The molecule has 16 heavy (non-hydrogen) atoms. The van der Waals surface area contributed by atoms with Crippen molar-refractivity contribution in [2.75, 3.05) is 0 Å². The zero-order valence-electron chi connectivity index (χ0n) is 11.6. The van der Waals surface area contributed by atoms with Gasteiger partial charge >= 0.3 is 0 Å². The van der Waals surface area contributed by atoms with Crippen LogP contribution < -0.4 is 0 Å². The van der Waals surface area contributed by atoms with Crippen LogP contribution in [-0.4, -0.2) is 0 Å². The number of hydrogen-bond acceptors (Lipinski definition) is 0. The van der Waals surface area contributed by atoms with E-state index in [4.69, 9.17) is 0 Å². The summed E-state index contributed by atoms with van der Waals surface area (Å²) in [4.78, 5) is 0. The van der Waals surface area contributed by atoms with E-state index in [0.717, 1.165) is 5.92 Å². The van der Waals surface area contributed by atoms with Gasteiger partial charge in [-0.05, 0) is 49.4 Å². The lowest BCUT2D eigenvalue weighted by atomic mass is 9.47. The zero-order chi connectivity index (χ0) is 12.0. The van der Waals surface area contributed by atoms with Gasteiger partial charge in [0.2, 0.25) is 0 Å². The summed E-state index contributed by atoms with van der Waals surface area (Å²) in [6, 6.07) is 0. The van der Waals surface area contributed by atoms with E-state index >= 15 is 0 Å². The third kappa shape index (κ3) is 2.12. The zero-order valence-corrected chi connectivity index (χ0v) is 11.6. The first kappa shape index (κ1) is 12.0. The second-order valence-corrected chi connectivity index (χ2v) is 7.25. The fourth-order valence-corrected chi connectivity index (χ4v) is 4.12. The second kappa shape index (κ2) is 3.75. The third-order valence-electron chi connectivity index (χ3n) is 4.71. The molecule has 0 saturated heterocycles. The van der Waals surface area contributed by atoms with Crippen molar-refractivity contribution in [2.45, 2.75) is 60.3 Å². The molecular formula is C16H26. The van der Waals surface area contributed by atoms with Gasteiger partial charge < -0.3 is 0 Å². The van der Waals surface area contributed by atoms with Crippen molar-refractivity contribution < 1.29 is 0 Å². The first-order chi connectivity index (χ1) is 7.31. The number of hydrogen-bond donors (Lipinski definition) is 0. The van der Waals surface area contributed by atoms with E-state index in [1.807, 2.05) is 0 Å². The summed E-state index contributed by atoms with van der Waals surface area (Å²) in [7, 11) is 0. The summed E-state index contributed by atoms with van der Waals surface area (Å²) < 4.78 is 0. The topological polar surface area (TPSA) is 0 Å². The van der Waals surface area contributed by atoms with Crippen molar-refractivity contribution >= 4 is 0 Å². The van der Waals surface area contributed by atoms with Crippen LogP contribution in [0.25, 0.3) is 0 Å². The Morgan fingerprint density at radius 1 is 1.06 bits per heavy atom. The van der Waals surface area contributed by atoms with Crippen molar-refractivity contribution in [1.82, 2.24) is 0 Å². The maximum atomic E-state index is 2.44. The van der Waals surface area contributed by atoms with Crippen LogP contribution in [0, 0.1) is 16.7 Å². The molecule has 1 fully saturated rings. The van der Waals surface area contributed by atoms with E-state index in [1.165, 1.54) is 31.3 Å². The van der Waals surface area contributed by atoms with Gasteiger partial charge in [-0.2, -0.15) is 0 Å². The van der Waals surface area contributed by atoms with Crippen LogP contribution >= 0.6 is 0 Å². The minimum absolute atomic E-state index is 0.556. The average Bonchev–Trinajstić information content (AvgIpc) is 2.14. The van der Waals surface area contributed by atoms with Crippen LogP contribution in [0.4, 0.5) is 0 Å². The lowest BCUT2D eigenvalue weighted by molar-refractivity contribution is -0.0795. The lowest BCUT2D eigenvalue weighted by Crippen LogP contribution is -2.50. The van der Waals surface area contributed by atoms with Crippen molar-refractivity contribution in [2.24, 2.45) is 16.7 Å². The summed E-state index contributed by atoms with van der Waals surface area (Å²) in [6.45, 7) is 12.0. The molecule has 1 saturated carbocycles. The summed E-state index contributed by atoms with van der Waals surface area (Å²) in [5.41, 5.74) is 4.33. The van der Waals surface area contributed by atoms with E-state index < -0.39 is 0 Å². The molecule has 2 aliphatic carbocycles. The third-order valence-corrected chi connectivity index (χ3v) is 4.71. The Balaban J connectivity index is 2.05. The van der Waals surface area contributed by atoms with Gasteiger partial charge in [0.1, 0.15) is 0 Å². The van der Waals surface area contributed by atoms with Gasteiger partial charge in [0.15, 0.2) is 0 Å². The molecule has 0 heterocycles. The van der Waals surface area contributed by atoms with E-state index in [2.05, 4.69) is 46.8 Å². The molecule has 0 aromatic carbocycles. The van der Waals surface area contributed by atoms with Crippen LogP contribution in [0.15, 0.2) is 23.3 Å². The van der Waals surface area contributed by atoms with Crippen molar-refractivity contribution in [3.63, 3.8) is 0 Å². The molecule has 0 nitrogen and oxygen atoms in total. The summed E-state index contributed by atoms with van der Waals surface area (Å²) in [5, 5.41) is 0. The Labute approximate surface area is 101 Å². The maximum absolute atomic E-state index is 2.44. The minimum Gasteiger partial charge on any atom is -0.0730 e. The molecule has 0 bridgehead atoms. The van der Waals surface area contributed by atoms with E-state index in [0.29, 0.717) is 10.8 Å². The Hall–Kier alpha value is -0.520. The average molecular weight is 218 g/mol. The van der Waals surface area contributed by atoms with Gasteiger partial charge in [-0.15, -0.1) is 0 Å². The maximum Gasteiger partial charge on any atom is -0.0273 e. The fraction of sp³-hybridized carbons (Fsp3) is 0.750. The van der Waals surface area contributed by atoms with E-state index in [9.17, 15) is 0 Å². The molecule has 0 heteroatoms. The first-order valence-electron chi connectivity index (χ1n) is 6.66. The normalized spacial score (nSPS) is 28.1. The predicted octanol–water partition coefficient (Wildman–Crippen LogP) is 5.12. The summed E-state index contributed by atoms with van der Waals surface area (Å²) >= 11 is 0. The number of allylic oxidation sites excluding steroid dienone is 4. The first-order valence-corrected chi connectivity index (χ1v) is 6.66. The van der Waals surface area contributed by atoms with Crippen LogP contribution in [0.2, 0.25) is 0 Å². The largest absolute Gasteiger partial charge is 0.0730 e. The van der Waals surface area contributed by atoms with Crippen LogP contribution in [0.1, 0.15) is 60.3 Å². The van der Waals surface area contributed by atoms with Crippen molar-refractivity contribution in [3.8, 4) is 0 Å². The molecule has 2 rings (SSSR count). The highest BCUT2D eigenvalue weighted by Crippen LogP contribution is 2.61. The monoisotopic (exact) mass is 218 g/mol. The van der Waals surface area contributed by atoms with Gasteiger partial charge in [0, 0.05) is 0 Å². The lowest BCUT2D eigenvalue weighted by Gasteiger charge is -2.58. The quantitative estimate of drug-likeness (QED) is 0.604. The minimum atomic E-state index is 0.556. The Morgan fingerprint density at radius 2 is 1.69 bits per heavy atom. The van der Waals surface area contributed by atoms with Crippen LogP contribution in [-0.2, 0) is 0 Å². The van der Waals surface area contributed by atoms with Gasteiger partial charge in [0.05, 0.1) is 0 Å². The second-order valence-electron chi connectivity index (χ2n) is 7.25. The van der Waals surface area contributed by atoms with E-state index in [-0.39, 0.29) is 0 Å². The molecular weight excluding hydrogens is 192 g/mol. The molecule has 0 amide bonds. The highest BCUT2D eigenvalue weighted by molar-refractivity contribution is 5.24. The molecule has 0 unspecified atom stereocenters. The van der Waals surface area contributed by atoms with Crippen molar-refractivity contribution in [1.29, 1.82) is 0 Å². The summed E-state index contributed by atoms with van der Waals surface area (Å²) in [6.07, 6.45) is 9.97. The van der Waals surface area contributed by atoms with Gasteiger partial charge in [-0.3, -0.25) is 0 Å². The molecule has 0 atom stereocenters. The standard InChI is InChI=1S/C16H26/c1-12-6-8-13(9-7-12)10-14-15(2,3)11-16(14,4)5/h6,8,14H,7,9-11H2,1-5H3. The van der Waals surface area contributed by atoms with Gasteiger partial charge in [0.25, 0.3) is 0 Å².